The maximum Gasteiger partial charge on any atom is 0.416 e. The third-order valence-corrected chi connectivity index (χ3v) is 5.43. The number of hydrogen-bond acceptors (Lipinski definition) is 7. The molecule has 0 aliphatic carbocycles. The second kappa shape index (κ2) is 9.91. The lowest BCUT2D eigenvalue weighted by molar-refractivity contribution is -0.386. The van der Waals surface area contributed by atoms with Crippen molar-refractivity contribution in [3.63, 3.8) is 0 Å². The number of nitrogens with one attached hydrogen (secondary N) is 1. The molecule has 1 unspecified atom stereocenters. The van der Waals surface area contributed by atoms with Crippen molar-refractivity contribution in [3.8, 4) is 11.3 Å². The number of aromatic nitrogens is 2. The van der Waals surface area contributed by atoms with Crippen LogP contribution >= 0.6 is 0 Å². The minimum absolute atomic E-state index is 0.00499. The second-order valence-corrected chi connectivity index (χ2v) is 7.66. The van der Waals surface area contributed by atoms with E-state index in [9.17, 15) is 41.3 Å². The summed E-state index contributed by atoms with van der Waals surface area (Å²) >= 11 is 0. The van der Waals surface area contributed by atoms with Gasteiger partial charge < -0.3 is 10.1 Å². The first-order valence-corrected chi connectivity index (χ1v) is 10.0. The standard InChI is InChI=1S/C20H18F6N4O4/c21-19(22,23)13-6-12(7-14(8-13)20(24,25)26)16-18(30(32)33)17(29-9-28-16)15(34-10-31)5-11-1-3-27-4-2-11/h6-11,15,27H,1-5H2. The molecule has 184 valence electrons. The third-order valence-electron chi connectivity index (χ3n) is 5.43. The molecule has 14 heteroatoms. The van der Waals surface area contributed by atoms with Gasteiger partial charge in [0.25, 0.3) is 6.47 Å². The summed E-state index contributed by atoms with van der Waals surface area (Å²) < 4.78 is 84.7. The maximum atomic E-state index is 13.3. The quantitative estimate of drug-likeness (QED) is 0.259. The second-order valence-electron chi connectivity index (χ2n) is 7.66. The monoisotopic (exact) mass is 492 g/mol. The Morgan fingerprint density at radius 3 is 2.18 bits per heavy atom. The van der Waals surface area contributed by atoms with Crippen molar-refractivity contribution in [2.75, 3.05) is 13.1 Å². The Morgan fingerprint density at radius 2 is 1.68 bits per heavy atom. The molecule has 1 N–H and O–H groups in total. The van der Waals surface area contributed by atoms with Gasteiger partial charge in [0, 0.05) is 5.56 Å². The van der Waals surface area contributed by atoms with Gasteiger partial charge in [0.15, 0.2) is 17.5 Å². The molecule has 0 radical (unpaired) electrons. The highest BCUT2D eigenvalue weighted by Gasteiger charge is 2.39. The van der Waals surface area contributed by atoms with E-state index < -0.39 is 57.1 Å². The van der Waals surface area contributed by atoms with Crippen LogP contribution in [0, 0.1) is 16.0 Å². The molecule has 34 heavy (non-hydrogen) atoms. The Morgan fingerprint density at radius 1 is 1.09 bits per heavy atom. The SMILES string of the molecule is O=COC(CC1CCNCC1)c1ncnc(-c2cc(C(F)(F)F)cc(C(F)(F)F)c2)c1[N+](=O)[O-]. The summed E-state index contributed by atoms with van der Waals surface area (Å²) in [5, 5.41) is 15.0. The zero-order chi connectivity index (χ0) is 25.1. The number of nitro groups is 1. The number of benzene rings is 1. The van der Waals surface area contributed by atoms with Gasteiger partial charge in [-0.2, -0.15) is 26.3 Å². The molecule has 1 aliphatic rings. The molecule has 1 aromatic carbocycles. The van der Waals surface area contributed by atoms with E-state index in [0.29, 0.717) is 38.1 Å². The summed E-state index contributed by atoms with van der Waals surface area (Å²) in [7, 11) is 0. The van der Waals surface area contributed by atoms with Gasteiger partial charge in [0.2, 0.25) is 0 Å². The maximum absolute atomic E-state index is 13.3. The van der Waals surface area contributed by atoms with Gasteiger partial charge in [-0.25, -0.2) is 9.97 Å². The lowest BCUT2D eigenvalue weighted by atomic mass is 9.90. The van der Waals surface area contributed by atoms with Crippen LogP contribution in [0.4, 0.5) is 32.0 Å². The number of carbonyl (C=O) groups excluding carboxylic acids is 1. The van der Waals surface area contributed by atoms with Gasteiger partial charge >= 0.3 is 18.0 Å². The van der Waals surface area contributed by atoms with Gasteiger partial charge in [0.05, 0.1) is 16.1 Å². The minimum atomic E-state index is -5.15. The van der Waals surface area contributed by atoms with Crippen LogP contribution in [0.1, 0.15) is 42.2 Å². The highest BCUT2D eigenvalue weighted by molar-refractivity contribution is 5.72. The van der Waals surface area contributed by atoms with Crippen LogP contribution in [-0.4, -0.2) is 34.5 Å². The van der Waals surface area contributed by atoms with Gasteiger partial charge in [0.1, 0.15) is 6.33 Å². The first-order chi connectivity index (χ1) is 15.9. The number of hydrogen-bond donors (Lipinski definition) is 1. The van der Waals surface area contributed by atoms with E-state index in [4.69, 9.17) is 4.74 Å². The fraction of sp³-hybridized carbons (Fsp3) is 0.450. The average Bonchev–Trinajstić information content (AvgIpc) is 2.77. The van der Waals surface area contributed by atoms with E-state index in [0.717, 1.165) is 6.33 Å². The average molecular weight is 492 g/mol. The molecule has 2 aromatic rings. The molecule has 2 heterocycles. The molecule has 8 nitrogen and oxygen atoms in total. The van der Waals surface area contributed by atoms with Crippen LogP contribution < -0.4 is 5.32 Å². The lowest BCUT2D eigenvalue weighted by Crippen LogP contribution is -2.29. The van der Waals surface area contributed by atoms with Gasteiger partial charge in [-0.05, 0) is 56.5 Å². The first-order valence-electron chi connectivity index (χ1n) is 10.0. The van der Waals surface area contributed by atoms with E-state index in [1.165, 1.54) is 0 Å². The molecule has 1 aromatic heterocycles. The van der Waals surface area contributed by atoms with Crippen LogP contribution in [-0.2, 0) is 21.9 Å². The Kier molecular flexibility index (Phi) is 7.38. The molecule has 3 rings (SSSR count). The molecule has 0 bridgehead atoms. The molecular formula is C20H18F6N4O4. The number of piperidine rings is 1. The molecule has 1 atom stereocenters. The first kappa shape index (κ1) is 25.3. The summed E-state index contributed by atoms with van der Waals surface area (Å²) in [6, 6.07) is 0.598. The Bertz CT molecular complexity index is 1020. The number of ether oxygens (including phenoxy) is 1. The smallest absolute Gasteiger partial charge is 0.416 e. The molecule has 0 amide bonds. The summed E-state index contributed by atoms with van der Waals surface area (Å²) in [5.74, 6) is -0.00499. The van der Waals surface area contributed by atoms with Crippen LogP contribution in [0.3, 0.4) is 0 Å². The van der Waals surface area contributed by atoms with Crippen molar-refractivity contribution < 1.29 is 40.8 Å². The number of halogens is 6. The topological polar surface area (TPSA) is 107 Å². The molecule has 1 fully saturated rings. The summed E-state index contributed by atoms with van der Waals surface area (Å²) in [6.45, 7) is 1.39. The largest absolute Gasteiger partial charge is 0.458 e. The van der Waals surface area contributed by atoms with E-state index in [2.05, 4.69) is 15.3 Å². The molecular weight excluding hydrogens is 474 g/mol. The van der Waals surface area contributed by atoms with Gasteiger partial charge in [-0.3, -0.25) is 14.9 Å². The van der Waals surface area contributed by atoms with Crippen molar-refractivity contribution in [1.29, 1.82) is 0 Å². The number of rotatable bonds is 7. The van der Waals surface area contributed by atoms with Gasteiger partial charge in [-0.15, -0.1) is 0 Å². The van der Waals surface area contributed by atoms with Crippen molar-refractivity contribution in [3.05, 3.63) is 51.5 Å². The van der Waals surface area contributed by atoms with Crippen molar-refractivity contribution in [2.45, 2.75) is 37.7 Å². The van der Waals surface area contributed by atoms with Gasteiger partial charge in [-0.1, -0.05) is 0 Å². The fourth-order valence-electron chi connectivity index (χ4n) is 3.83. The number of nitrogens with zero attached hydrogens (tertiary/aromatic N) is 3. The summed E-state index contributed by atoms with van der Waals surface area (Å²) in [4.78, 5) is 29.4. The van der Waals surface area contributed by atoms with E-state index in [-0.39, 0.29) is 24.9 Å². The van der Waals surface area contributed by atoms with Crippen molar-refractivity contribution in [2.24, 2.45) is 5.92 Å². The molecule has 0 saturated carbocycles. The van der Waals surface area contributed by atoms with E-state index in [1.807, 2.05) is 0 Å². The third kappa shape index (κ3) is 5.79. The highest BCUT2D eigenvalue weighted by atomic mass is 19.4. The van der Waals surface area contributed by atoms with Crippen LogP contribution in [0.5, 0.6) is 0 Å². The number of carbonyl (C=O) groups is 1. The van der Waals surface area contributed by atoms with Crippen molar-refractivity contribution >= 4 is 12.2 Å². The Balaban J connectivity index is 2.17. The van der Waals surface area contributed by atoms with Crippen LogP contribution in [0.2, 0.25) is 0 Å². The van der Waals surface area contributed by atoms with Crippen LogP contribution in [0.15, 0.2) is 24.5 Å². The highest BCUT2D eigenvalue weighted by Crippen LogP contribution is 2.42. The predicted octanol–water partition coefficient (Wildman–Crippen LogP) is 4.69. The van der Waals surface area contributed by atoms with Crippen LogP contribution in [0.25, 0.3) is 11.3 Å². The molecule has 0 spiro atoms. The van der Waals surface area contributed by atoms with E-state index >= 15 is 0 Å². The zero-order valence-electron chi connectivity index (χ0n) is 17.3. The fourth-order valence-corrected chi connectivity index (χ4v) is 3.83. The minimum Gasteiger partial charge on any atom is -0.458 e. The molecule has 1 saturated heterocycles. The normalized spacial score (nSPS) is 16.2. The zero-order valence-corrected chi connectivity index (χ0v) is 17.3. The van der Waals surface area contributed by atoms with E-state index in [1.54, 1.807) is 0 Å². The lowest BCUT2D eigenvalue weighted by Gasteiger charge is -2.26. The summed E-state index contributed by atoms with van der Waals surface area (Å²) in [5.41, 5.74) is -6.17. The van der Waals surface area contributed by atoms with Crippen molar-refractivity contribution in [1.82, 2.24) is 15.3 Å². The predicted molar refractivity (Wildman–Crippen MR) is 104 cm³/mol. The Hall–Kier alpha value is -3.29. The summed E-state index contributed by atoms with van der Waals surface area (Å²) in [6.07, 6.45) is -9.30. The Labute approximate surface area is 188 Å². The number of alkyl halides is 6. The molecule has 1 aliphatic heterocycles.